The molecule has 1 fully saturated rings. The summed E-state index contributed by atoms with van der Waals surface area (Å²) in [6, 6.07) is 8.87. The van der Waals surface area contributed by atoms with E-state index >= 15 is 0 Å². The summed E-state index contributed by atoms with van der Waals surface area (Å²) in [5.41, 5.74) is 6.52. The summed E-state index contributed by atoms with van der Waals surface area (Å²) in [5, 5.41) is 0.558. The SMILES string of the molecule is NC1CCCCCCCCCCC1Sc1ccccc1Br. The first-order valence-electron chi connectivity index (χ1n) is 8.44. The van der Waals surface area contributed by atoms with Crippen LogP contribution in [-0.4, -0.2) is 11.3 Å². The summed E-state index contributed by atoms with van der Waals surface area (Å²) in [5.74, 6) is 0. The predicted octanol–water partition coefficient (Wildman–Crippen LogP) is 6.15. The highest BCUT2D eigenvalue weighted by Gasteiger charge is 2.20. The van der Waals surface area contributed by atoms with Crippen molar-refractivity contribution in [3.63, 3.8) is 0 Å². The zero-order chi connectivity index (χ0) is 14.9. The van der Waals surface area contributed by atoms with Gasteiger partial charge in [0.2, 0.25) is 0 Å². The summed E-state index contributed by atoms with van der Waals surface area (Å²) < 4.78 is 1.20. The molecule has 0 heterocycles. The van der Waals surface area contributed by atoms with E-state index in [0.29, 0.717) is 11.3 Å². The third kappa shape index (κ3) is 6.33. The van der Waals surface area contributed by atoms with E-state index in [2.05, 4.69) is 40.2 Å². The van der Waals surface area contributed by atoms with Gasteiger partial charge in [0, 0.05) is 20.7 Å². The van der Waals surface area contributed by atoms with Crippen LogP contribution < -0.4 is 5.73 Å². The average molecular weight is 370 g/mol. The van der Waals surface area contributed by atoms with Gasteiger partial charge in [-0.3, -0.25) is 0 Å². The van der Waals surface area contributed by atoms with Crippen LogP contribution in [0.2, 0.25) is 0 Å². The Morgan fingerprint density at radius 3 is 2.10 bits per heavy atom. The van der Waals surface area contributed by atoms with Crippen molar-refractivity contribution in [2.24, 2.45) is 5.73 Å². The Labute approximate surface area is 142 Å². The van der Waals surface area contributed by atoms with Crippen LogP contribution >= 0.6 is 27.7 Å². The molecule has 2 atom stereocenters. The molecular weight excluding hydrogens is 342 g/mol. The number of hydrogen-bond donors (Lipinski definition) is 1. The summed E-state index contributed by atoms with van der Waals surface area (Å²) in [4.78, 5) is 1.34. The molecule has 1 nitrogen and oxygen atoms in total. The minimum atomic E-state index is 0.335. The van der Waals surface area contributed by atoms with Gasteiger partial charge in [0.15, 0.2) is 0 Å². The van der Waals surface area contributed by atoms with Crippen molar-refractivity contribution < 1.29 is 0 Å². The number of halogens is 1. The van der Waals surface area contributed by atoms with Gasteiger partial charge in [-0.05, 0) is 40.9 Å². The monoisotopic (exact) mass is 369 g/mol. The van der Waals surface area contributed by atoms with Gasteiger partial charge < -0.3 is 5.73 Å². The fourth-order valence-electron chi connectivity index (χ4n) is 3.04. The molecule has 2 unspecified atom stereocenters. The van der Waals surface area contributed by atoms with Crippen LogP contribution in [0.25, 0.3) is 0 Å². The largest absolute Gasteiger partial charge is 0.327 e. The van der Waals surface area contributed by atoms with Crippen molar-refractivity contribution >= 4 is 27.7 Å². The lowest BCUT2D eigenvalue weighted by Crippen LogP contribution is -2.32. The lowest BCUT2D eigenvalue weighted by atomic mass is 9.98. The molecule has 1 aromatic carbocycles. The van der Waals surface area contributed by atoms with E-state index in [1.54, 1.807) is 0 Å². The predicted molar refractivity (Wildman–Crippen MR) is 97.9 cm³/mol. The molecule has 1 aromatic rings. The van der Waals surface area contributed by atoms with Crippen LogP contribution in [0, 0.1) is 0 Å². The maximum Gasteiger partial charge on any atom is 0.0311 e. The van der Waals surface area contributed by atoms with Gasteiger partial charge in [-0.2, -0.15) is 0 Å². The molecule has 0 aliphatic heterocycles. The topological polar surface area (TPSA) is 26.0 Å². The fourth-order valence-corrected chi connectivity index (χ4v) is 4.86. The highest BCUT2D eigenvalue weighted by Crippen LogP contribution is 2.35. The van der Waals surface area contributed by atoms with Crippen LogP contribution in [-0.2, 0) is 0 Å². The van der Waals surface area contributed by atoms with Crippen molar-refractivity contribution in [3.05, 3.63) is 28.7 Å². The molecule has 1 saturated carbocycles. The molecule has 0 saturated heterocycles. The van der Waals surface area contributed by atoms with E-state index in [0.717, 1.165) is 0 Å². The van der Waals surface area contributed by atoms with Gasteiger partial charge >= 0.3 is 0 Å². The highest BCUT2D eigenvalue weighted by molar-refractivity contribution is 9.10. The first-order valence-corrected chi connectivity index (χ1v) is 10.1. The Morgan fingerprint density at radius 1 is 0.857 bits per heavy atom. The van der Waals surface area contributed by atoms with E-state index in [1.165, 1.54) is 73.6 Å². The van der Waals surface area contributed by atoms with E-state index in [9.17, 15) is 0 Å². The molecule has 0 bridgehead atoms. The average Bonchev–Trinajstić information content (AvgIpc) is 2.48. The molecule has 0 spiro atoms. The summed E-state index contributed by atoms with van der Waals surface area (Å²) in [7, 11) is 0. The second kappa shape index (κ2) is 9.91. The number of benzene rings is 1. The van der Waals surface area contributed by atoms with E-state index in [1.807, 2.05) is 11.8 Å². The van der Waals surface area contributed by atoms with Gasteiger partial charge in [0.25, 0.3) is 0 Å². The Balaban J connectivity index is 1.96. The molecule has 0 radical (unpaired) electrons. The molecule has 118 valence electrons. The Morgan fingerprint density at radius 2 is 1.43 bits per heavy atom. The molecule has 21 heavy (non-hydrogen) atoms. The smallest absolute Gasteiger partial charge is 0.0311 e. The van der Waals surface area contributed by atoms with Gasteiger partial charge in [-0.25, -0.2) is 0 Å². The maximum absolute atomic E-state index is 6.52. The fraction of sp³-hybridized carbons (Fsp3) is 0.667. The molecule has 0 amide bonds. The van der Waals surface area contributed by atoms with E-state index in [-0.39, 0.29) is 0 Å². The van der Waals surface area contributed by atoms with Crippen molar-refractivity contribution in [2.45, 2.75) is 80.4 Å². The van der Waals surface area contributed by atoms with Gasteiger partial charge in [0.05, 0.1) is 0 Å². The molecule has 2 N–H and O–H groups in total. The molecule has 1 aliphatic rings. The number of nitrogens with two attached hydrogens (primary N) is 1. The minimum Gasteiger partial charge on any atom is -0.327 e. The lowest BCUT2D eigenvalue weighted by molar-refractivity contribution is 0.473. The van der Waals surface area contributed by atoms with Crippen LogP contribution in [0.1, 0.15) is 64.2 Å². The van der Waals surface area contributed by atoms with Crippen LogP contribution in [0.15, 0.2) is 33.6 Å². The minimum absolute atomic E-state index is 0.335. The molecule has 3 heteroatoms. The normalized spacial score (nSPS) is 25.8. The zero-order valence-electron chi connectivity index (χ0n) is 12.9. The van der Waals surface area contributed by atoms with E-state index in [4.69, 9.17) is 5.73 Å². The summed E-state index contributed by atoms with van der Waals surface area (Å²) in [6.45, 7) is 0. The third-order valence-corrected chi connectivity index (χ3v) is 6.82. The zero-order valence-corrected chi connectivity index (χ0v) is 15.3. The second-order valence-electron chi connectivity index (χ2n) is 6.16. The van der Waals surface area contributed by atoms with Crippen LogP contribution in [0.4, 0.5) is 0 Å². The second-order valence-corrected chi connectivity index (χ2v) is 8.29. The van der Waals surface area contributed by atoms with Crippen LogP contribution in [0.5, 0.6) is 0 Å². The lowest BCUT2D eigenvalue weighted by Gasteiger charge is -2.24. The molecule has 1 aliphatic carbocycles. The molecular formula is C18H28BrNS. The molecule has 2 rings (SSSR count). The summed E-state index contributed by atoms with van der Waals surface area (Å²) in [6.07, 6.45) is 13.5. The maximum atomic E-state index is 6.52. The Kier molecular flexibility index (Phi) is 8.20. The van der Waals surface area contributed by atoms with Gasteiger partial charge in [0.1, 0.15) is 0 Å². The Hall–Kier alpha value is 0.01000. The van der Waals surface area contributed by atoms with Crippen molar-refractivity contribution in [1.29, 1.82) is 0 Å². The van der Waals surface area contributed by atoms with E-state index < -0.39 is 0 Å². The summed E-state index contributed by atoms with van der Waals surface area (Å²) >= 11 is 5.65. The van der Waals surface area contributed by atoms with Gasteiger partial charge in [-0.15, -0.1) is 11.8 Å². The van der Waals surface area contributed by atoms with Gasteiger partial charge in [-0.1, -0.05) is 63.5 Å². The number of rotatable bonds is 2. The van der Waals surface area contributed by atoms with Crippen molar-refractivity contribution in [2.75, 3.05) is 0 Å². The van der Waals surface area contributed by atoms with Crippen molar-refractivity contribution in [3.8, 4) is 0 Å². The number of thioether (sulfide) groups is 1. The molecule has 0 aromatic heterocycles. The number of hydrogen-bond acceptors (Lipinski definition) is 2. The highest BCUT2D eigenvalue weighted by atomic mass is 79.9. The third-order valence-electron chi connectivity index (χ3n) is 4.37. The Bertz CT molecular complexity index is 410. The first-order chi connectivity index (χ1) is 10.3. The standard InChI is InChI=1S/C18H28BrNS/c19-15-11-9-10-13-17(15)21-18-14-8-6-4-2-1-3-5-7-12-16(18)20/h9-11,13,16,18H,1-8,12,14,20H2. The van der Waals surface area contributed by atoms with Crippen LogP contribution in [0.3, 0.4) is 0 Å². The van der Waals surface area contributed by atoms with Crippen molar-refractivity contribution in [1.82, 2.24) is 0 Å². The quantitative estimate of drug-likeness (QED) is 0.675. The first kappa shape index (κ1) is 17.4.